The number of nitriles is 1. The van der Waals surface area contributed by atoms with Crippen molar-refractivity contribution < 1.29 is 4.79 Å². The second kappa shape index (κ2) is 3.67. The van der Waals surface area contributed by atoms with E-state index in [2.05, 4.69) is 11.4 Å². The first-order valence-electron chi connectivity index (χ1n) is 4.94. The molecule has 0 spiro atoms. The van der Waals surface area contributed by atoms with Crippen molar-refractivity contribution in [3.05, 3.63) is 16.0 Å². The number of amides is 1. The minimum Gasteiger partial charge on any atom is -0.316 e. The molecule has 0 radical (unpaired) electrons. The molecule has 1 aliphatic rings. The fraction of sp³-hybridized carbons (Fsp3) is 0.455. The molecular formula is C11H12N2OS. The van der Waals surface area contributed by atoms with E-state index in [-0.39, 0.29) is 11.8 Å². The first-order chi connectivity index (χ1) is 7.13. The molecule has 1 aliphatic carbocycles. The number of hydrogen-bond donors (Lipinski definition) is 1. The molecule has 1 aromatic heterocycles. The Kier molecular flexibility index (Phi) is 2.49. The van der Waals surface area contributed by atoms with Crippen molar-refractivity contribution in [1.29, 1.82) is 5.26 Å². The van der Waals surface area contributed by atoms with Gasteiger partial charge in [-0.3, -0.25) is 4.79 Å². The van der Waals surface area contributed by atoms with Crippen LogP contribution < -0.4 is 5.32 Å². The number of aryl methyl sites for hydroxylation is 1. The highest BCUT2D eigenvalue weighted by Gasteiger charge is 2.30. The lowest BCUT2D eigenvalue weighted by Crippen LogP contribution is -2.12. The Morgan fingerprint density at radius 3 is 2.73 bits per heavy atom. The third-order valence-electron chi connectivity index (χ3n) is 2.68. The van der Waals surface area contributed by atoms with E-state index >= 15 is 0 Å². The van der Waals surface area contributed by atoms with E-state index in [0.717, 1.165) is 23.3 Å². The Labute approximate surface area is 92.7 Å². The van der Waals surface area contributed by atoms with Crippen LogP contribution >= 0.6 is 11.3 Å². The minimum absolute atomic E-state index is 0.0627. The predicted molar refractivity (Wildman–Crippen MR) is 59.9 cm³/mol. The zero-order valence-electron chi connectivity index (χ0n) is 8.76. The molecule has 1 fully saturated rings. The lowest BCUT2D eigenvalue weighted by atomic mass is 10.2. The fourth-order valence-corrected chi connectivity index (χ4v) is 2.42. The predicted octanol–water partition coefficient (Wildman–Crippen LogP) is 2.59. The van der Waals surface area contributed by atoms with Crippen molar-refractivity contribution in [2.45, 2.75) is 26.7 Å². The zero-order valence-corrected chi connectivity index (χ0v) is 9.57. The lowest BCUT2D eigenvalue weighted by Gasteiger charge is -2.00. The van der Waals surface area contributed by atoms with Crippen molar-refractivity contribution in [1.82, 2.24) is 0 Å². The number of nitrogens with one attached hydrogen (secondary N) is 1. The van der Waals surface area contributed by atoms with Crippen LogP contribution in [0.25, 0.3) is 0 Å². The monoisotopic (exact) mass is 220 g/mol. The summed E-state index contributed by atoms with van der Waals surface area (Å²) in [6.07, 6.45) is 1.97. The van der Waals surface area contributed by atoms with Gasteiger partial charge >= 0.3 is 0 Å². The number of hydrogen-bond acceptors (Lipinski definition) is 3. The highest BCUT2D eigenvalue weighted by Crippen LogP contribution is 2.35. The average Bonchev–Trinajstić information content (AvgIpc) is 2.97. The molecule has 3 nitrogen and oxygen atoms in total. The number of rotatable bonds is 2. The van der Waals surface area contributed by atoms with Crippen LogP contribution in [0.15, 0.2) is 0 Å². The Bertz CT molecular complexity index is 452. The Morgan fingerprint density at radius 1 is 1.53 bits per heavy atom. The molecule has 0 aliphatic heterocycles. The summed E-state index contributed by atoms with van der Waals surface area (Å²) in [4.78, 5) is 12.6. The summed E-state index contributed by atoms with van der Waals surface area (Å²) in [5, 5.41) is 12.5. The normalized spacial score (nSPS) is 14.7. The molecule has 15 heavy (non-hydrogen) atoms. The lowest BCUT2D eigenvalue weighted by molar-refractivity contribution is -0.117. The number of nitrogens with zero attached hydrogens (tertiary/aromatic N) is 1. The van der Waals surface area contributed by atoms with Gasteiger partial charge in [-0.05, 0) is 32.3 Å². The van der Waals surface area contributed by atoms with Gasteiger partial charge < -0.3 is 5.32 Å². The maximum absolute atomic E-state index is 11.5. The molecule has 1 aromatic rings. The zero-order chi connectivity index (χ0) is 11.0. The summed E-state index contributed by atoms with van der Waals surface area (Å²) < 4.78 is 0. The summed E-state index contributed by atoms with van der Waals surface area (Å²) in [5.41, 5.74) is 1.60. The van der Waals surface area contributed by atoms with Crippen molar-refractivity contribution in [2.24, 2.45) is 5.92 Å². The van der Waals surface area contributed by atoms with Crippen LogP contribution in [0.3, 0.4) is 0 Å². The number of carbonyl (C=O) groups excluding carboxylic acids is 1. The third kappa shape index (κ3) is 1.88. The average molecular weight is 220 g/mol. The van der Waals surface area contributed by atoms with Crippen LogP contribution in [0.1, 0.15) is 28.8 Å². The van der Waals surface area contributed by atoms with Gasteiger partial charge in [0.2, 0.25) is 5.91 Å². The van der Waals surface area contributed by atoms with E-state index < -0.39 is 0 Å². The summed E-state index contributed by atoms with van der Waals surface area (Å²) >= 11 is 1.48. The van der Waals surface area contributed by atoms with Crippen molar-refractivity contribution in [3.8, 4) is 6.07 Å². The van der Waals surface area contributed by atoms with E-state index in [0.29, 0.717) is 10.6 Å². The number of anilines is 1. The van der Waals surface area contributed by atoms with Crippen molar-refractivity contribution in [3.63, 3.8) is 0 Å². The number of carbonyl (C=O) groups is 1. The number of thiophene rings is 1. The van der Waals surface area contributed by atoms with E-state index in [1.807, 2.05) is 13.8 Å². The van der Waals surface area contributed by atoms with Gasteiger partial charge in [0.1, 0.15) is 11.1 Å². The van der Waals surface area contributed by atoms with Gasteiger partial charge in [0.25, 0.3) is 0 Å². The van der Waals surface area contributed by atoms with Gasteiger partial charge in [0.15, 0.2) is 0 Å². The van der Waals surface area contributed by atoms with Gasteiger partial charge in [-0.2, -0.15) is 5.26 Å². The van der Waals surface area contributed by atoms with Gasteiger partial charge in [-0.15, -0.1) is 11.3 Å². The van der Waals surface area contributed by atoms with Gasteiger partial charge in [-0.1, -0.05) is 0 Å². The summed E-state index contributed by atoms with van der Waals surface area (Å²) in [6, 6.07) is 2.15. The van der Waals surface area contributed by atoms with E-state index in [9.17, 15) is 4.79 Å². The van der Waals surface area contributed by atoms with Gasteiger partial charge in [0, 0.05) is 10.8 Å². The van der Waals surface area contributed by atoms with Crippen molar-refractivity contribution >= 4 is 22.2 Å². The summed E-state index contributed by atoms with van der Waals surface area (Å²) in [6.45, 7) is 3.88. The Balaban J connectivity index is 2.24. The third-order valence-corrected chi connectivity index (χ3v) is 3.80. The Morgan fingerprint density at radius 2 is 2.20 bits per heavy atom. The highest BCUT2D eigenvalue weighted by atomic mass is 32.1. The molecule has 1 N–H and O–H groups in total. The fourth-order valence-electron chi connectivity index (χ4n) is 1.41. The SMILES string of the molecule is Cc1sc(NC(=O)C2CC2)c(C#N)c1C. The van der Waals surface area contributed by atoms with Crippen LogP contribution in [0.4, 0.5) is 5.00 Å². The molecule has 78 valence electrons. The maximum Gasteiger partial charge on any atom is 0.228 e. The molecule has 0 aromatic carbocycles. The smallest absolute Gasteiger partial charge is 0.228 e. The topological polar surface area (TPSA) is 52.9 Å². The molecule has 0 saturated heterocycles. The van der Waals surface area contributed by atoms with Crippen LogP contribution in [-0.4, -0.2) is 5.91 Å². The van der Waals surface area contributed by atoms with E-state index in [1.54, 1.807) is 0 Å². The molecule has 1 heterocycles. The molecule has 0 unspecified atom stereocenters. The molecule has 0 bridgehead atoms. The summed E-state index contributed by atoms with van der Waals surface area (Å²) in [5.74, 6) is 0.243. The molecule has 2 rings (SSSR count). The largest absolute Gasteiger partial charge is 0.316 e. The molecule has 1 amide bonds. The first-order valence-corrected chi connectivity index (χ1v) is 5.76. The van der Waals surface area contributed by atoms with E-state index in [1.165, 1.54) is 11.3 Å². The standard InChI is InChI=1S/C11H12N2OS/c1-6-7(2)15-11(9(6)5-12)13-10(14)8-3-4-8/h8H,3-4H2,1-2H3,(H,13,14). The minimum atomic E-state index is 0.0627. The first kappa shape index (κ1) is 10.2. The maximum atomic E-state index is 11.5. The quantitative estimate of drug-likeness (QED) is 0.832. The molecular weight excluding hydrogens is 208 g/mol. The van der Waals surface area contributed by atoms with Crippen LogP contribution in [0.2, 0.25) is 0 Å². The van der Waals surface area contributed by atoms with Crippen LogP contribution in [-0.2, 0) is 4.79 Å². The van der Waals surface area contributed by atoms with E-state index in [4.69, 9.17) is 5.26 Å². The van der Waals surface area contributed by atoms with Gasteiger partial charge in [0.05, 0.1) is 5.56 Å². The van der Waals surface area contributed by atoms with Crippen LogP contribution in [0, 0.1) is 31.1 Å². The second-order valence-electron chi connectivity index (χ2n) is 3.86. The highest BCUT2D eigenvalue weighted by molar-refractivity contribution is 7.16. The van der Waals surface area contributed by atoms with Crippen LogP contribution in [0.5, 0.6) is 0 Å². The van der Waals surface area contributed by atoms with Crippen molar-refractivity contribution in [2.75, 3.05) is 5.32 Å². The summed E-state index contributed by atoms with van der Waals surface area (Å²) in [7, 11) is 0. The second-order valence-corrected chi connectivity index (χ2v) is 5.09. The molecule has 0 atom stereocenters. The van der Waals surface area contributed by atoms with Gasteiger partial charge in [-0.25, -0.2) is 0 Å². The molecule has 4 heteroatoms. The Hall–Kier alpha value is -1.34. The molecule has 1 saturated carbocycles.